The molecule has 12 aromatic rings. The number of benzene rings is 11. The van der Waals surface area contributed by atoms with Gasteiger partial charge in [-0.15, -0.1) is 0 Å². The van der Waals surface area contributed by atoms with Crippen molar-refractivity contribution in [1.82, 2.24) is 4.57 Å². The molecule has 0 bridgehead atoms. The largest absolute Gasteiger partial charge is 0.309 e. The third kappa shape index (κ3) is 6.39. The lowest BCUT2D eigenvalue weighted by atomic mass is 9.98. The Morgan fingerprint density at radius 3 is 1.48 bits per heavy atom. The van der Waals surface area contributed by atoms with Crippen LogP contribution in [-0.4, -0.2) is 12.6 Å². The van der Waals surface area contributed by atoms with Crippen LogP contribution in [0, 0.1) is 0 Å². The quantitative estimate of drug-likeness (QED) is 0.0798. The fourth-order valence-electron chi connectivity index (χ4n) is 10.5. The van der Waals surface area contributed by atoms with Gasteiger partial charge in [0, 0.05) is 27.5 Å². The summed E-state index contributed by atoms with van der Waals surface area (Å²) in [6, 6.07) is 98.5. The number of fused-ring (bicyclic) bond motifs is 6. The van der Waals surface area contributed by atoms with E-state index in [1.54, 1.807) is 0 Å². The van der Waals surface area contributed by atoms with E-state index in [2.05, 4.69) is 276 Å². The Morgan fingerprint density at radius 2 is 0.815 bits per heavy atom. The van der Waals surface area contributed by atoms with Gasteiger partial charge in [-0.3, -0.25) is 0 Å². The Bertz CT molecular complexity index is 3540. The number of hydrogen-bond donors (Lipinski definition) is 0. The van der Waals surface area contributed by atoms with Gasteiger partial charge in [-0.05, 0) is 96.6 Å². The molecule has 0 radical (unpaired) electrons. The van der Waals surface area contributed by atoms with Crippen LogP contribution in [0.5, 0.6) is 0 Å². The maximum Gasteiger partial charge on any atom is 0.179 e. The standard InChI is InChI=1S/C62H44N2Si/c1-5-23-48(24-6-1)63-58-36-18-17-35-57(58)62-59(63)37-20-38-60(62)64(61-44-47-21-13-14-32-54(47)55-33-15-16-34-56(55)61)49-41-39-45(40-42-49)46-22-19-31-53(43-46)65(50-25-7-2-8-26-50,51-27-9-3-10-28-51)52-29-11-4-12-30-52/h1-44H. The molecule has 306 valence electrons. The van der Waals surface area contributed by atoms with Crippen LogP contribution in [0.25, 0.3) is 60.2 Å². The van der Waals surface area contributed by atoms with Gasteiger partial charge in [-0.25, -0.2) is 0 Å². The van der Waals surface area contributed by atoms with E-state index in [0.717, 1.165) is 22.7 Å². The molecule has 0 aliphatic rings. The molecule has 0 aliphatic carbocycles. The summed E-state index contributed by atoms with van der Waals surface area (Å²) in [6.45, 7) is 0. The molecule has 0 spiro atoms. The van der Waals surface area contributed by atoms with Gasteiger partial charge in [0.25, 0.3) is 0 Å². The predicted octanol–water partition coefficient (Wildman–Crippen LogP) is 13.6. The molecule has 0 fully saturated rings. The van der Waals surface area contributed by atoms with Crippen LogP contribution in [0.15, 0.2) is 267 Å². The normalized spacial score (nSPS) is 11.7. The molecule has 12 rings (SSSR count). The van der Waals surface area contributed by atoms with Crippen LogP contribution in [0.1, 0.15) is 0 Å². The molecule has 1 aromatic heterocycles. The van der Waals surface area contributed by atoms with Crippen molar-refractivity contribution in [2.24, 2.45) is 0 Å². The third-order valence-corrected chi connectivity index (χ3v) is 18.1. The summed E-state index contributed by atoms with van der Waals surface area (Å²) in [6.07, 6.45) is 0. The van der Waals surface area contributed by atoms with E-state index in [1.807, 2.05) is 0 Å². The highest BCUT2D eigenvalue weighted by molar-refractivity contribution is 7.19. The summed E-state index contributed by atoms with van der Waals surface area (Å²) in [7, 11) is -2.71. The highest BCUT2D eigenvalue weighted by Crippen LogP contribution is 2.47. The van der Waals surface area contributed by atoms with Crippen molar-refractivity contribution in [1.29, 1.82) is 0 Å². The number of anilines is 3. The molecule has 1 heterocycles. The Kier molecular flexibility index (Phi) is 9.55. The van der Waals surface area contributed by atoms with Gasteiger partial charge in [-0.1, -0.05) is 218 Å². The molecule has 0 atom stereocenters. The smallest absolute Gasteiger partial charge is 0.179 e. The van der Waals surface area contributed by atoms with Crippen LogP contribution in [0.4, 0.5) is 17.1 Å². The predicted molar refractivity (Wildman–Crippen MR) is 280 cm³/mol. The molecule has 0 saturated carbocycles. The van der Waals surface area contributed by atoms with Gasteiger partial charge in [0.15, 0.2) is 8.07 Å². The Hall–Kier alpha value is -8.24. The van der Waals surface area contributed by atoms with E-state index in [1.165, 1.54) is 75.2 Å². The summed E-state index contributed by atoms with van der Waals surface area (Å²) in [5, 5.41) is 12.8. The zero-order valence-electron chi connectivity index (χ0n) is 35.8. The van der Waals surface area contributed by atoms with Crippen LogP contribution in [-0.2, 0) is 0 Å². The van der Waals surface area contributed by atoms with E-state index < -0.39 is 8.07 Å². The average molecular weight is 845 g/mol. The van der Waals surface area contributed by atoms with E-state index in [0.29, 0.717) is 0 Å². The molecular formula is C62H44N2Si. The molecule has 0 unspecified atom stereocenters. The molecule has 0 N–H and O–H groups in total. The molecule has 0 amide bonds. The van der Waals surface area contributed by atoms with Crippen molar-refractivity contribution >= 4 is 89.2 Å². The molecule has 3 heteroatoms. The number of nitrogens with zero attached hydrogens (tertiary/aromatic N) is 2. The van der Waals surface area contributed by atoms with Gasteiger partial charge in [-0.2, -0.15) is 0 Å². The van der Waals surface area contributed by atoms with Gasteiger partial charge in [0.05, 0.1) is 22.4 Å². The summed E-state index contributed by atoms with van der Waals surface area (Å²) >= 11 is 0. The van der Waals surface area contributed by atoms with E-state index in [-0.39, 0.29) is 0 Å². The molecule has 65 heavy (non-hydrogen) atoms. The summed E-state index contributed by atoms with van der Waals surface area (Å²) in [5.41, 5.74) is 9.23. The minimum atomic E-state index is -2.71. The van der Waals surface area contributed by atoms with Crippen molar-refractivity contribution in [2.75, 3.05) is 4.90 Å². The minimum Gasteiger partial charge on any atom is -0.309 e. The van der Waals surface area contributed by atoms with Crippen molar-refractivity contribution in [3.8, 4) is 16.8 Å². The number of rotatable bonds is 9. The first-order valence-electron chi connectivity index (χ1n) is 22.4. The van der Waals surface area contributed by atoms with Gasteiger partial charge in [0.2, 0.25) is 0 Å². The number of aromatic nitrogens is 1. The minimum absolute atomic E-state index is 1.09. The summed E-state index contributed by atoms with van der Waals surface area (Å²) in [5.74, 6) is 0. The molecule has 2 nitrogen and oxygen atoms in total. The molecular weight excluding hydrogens is 801 g/mol. The van der Waals surface area contributed by atoms with Crippen LogP contribution in [0.2, 0.25) is 0 Å². The zero-order valence-corrected chi connectivity index (χ0v) is 36.8. The topological polar surface area (TPSA) is 8.17 Å². The van der Waals surface area contributed by atoms with Crippen molar-refractivity contribution in [3.05, 3.63) is 267 Å². The first kappa shape index (κ1) is 38.4. The third-order valence-electron chi connectivity index (χ3n) is 13.3. The fraction of sp³-hybridized carbons (Fsp3) is 0. The molecule has 0 saturated heterocycles. The highest BCUT2D eigenvalue weighted by atomic mass is 28.3. The van der Waals surface area contributed by atoms with E-state index >= 15 is 0 Å². The van der Waals surface area contributed by atoms with Gasteiger partial charge < -0.3 is 9.47 Å². The Labute approximate surface area is 380 Å². The second kappa shape index (κ2) is 16.1. The second-order valence-corrected chi connectivity index (χ2v) is 20.6. The molecule has 11 aromatic carbocycles. The summed E-state index contributed by atoms with van der Waals surface area (Å²) in [4.78, 5) is 2.50. The lowest BCUT2D eigenvalue weighted by Gasteiger charge is -2.34. The SMILES string of the molecule is c1ccc(-n2c3ccccc3c3c(N(c4ccc(-c5cccc([Si](c6ccccc6)(c6ccccc6)c6ccccc6)c5)cc4)c4cc5ccccc5c5ccccc45)cccc32)cc1. The number of hydrogen-bond acceptors (Lipinski definition) is 1. The number of para-hydroxylation sites is 2. The maximum atomic E-state index is 2.50. The molecule has 0 aliphatic heterocycles. The Morgan fingerprint density at radius 1 is 0.308 bits per heavy atom. The zero-order chi connectivity index (χ0) is 43.2. The lowest BCUT2D eigenvalue weighted by Crippen LogP contribution is -2.74. The fourth-order valence-corrected chi connectivity index (χ4v) is 15.3. The Balaban J connectivity index is 1.07. The first-order chi connectivity index (χ1) is 32.3. The van der Waals surface area contributed by atoms with Crippen LogP contribution in [0.3, 0.4) is 0 Å². The van der Waals surface area contributed by atoms with E-state index in [4.69, 9.17) is 0 Å². The van der Waals surface area contributed by atoms with Crippen LogP contribution < -0.4 is 25.6 Å². The lowest BCUT2D eigenvalue weighted by molar-refractivity contribution is 1.18. The monoisotopic (exact) mass is 844 g/mol. The van der Waals surface area contributed by atoms with Crippen LogP contribution >= 0.6 is 0 Å². The maximum absolute atomic E-state index is 2.71. The summed E-state index contributed by atoms with van der Waals surface area (Å²) < 4.78 is 2.41. The van der Waals surface area contributed by atoms with Gasteiger partial charge in [0.1, 0.15) is 0 Å². The second-order valence-electron chi connectivity index (χ2n) is 16.8. The van der Waals surface area contributed by atoms with Crippen molar-refractivity contribution < 1.29 is 0 Å². The average Bonchev–Trinajstić information content (AvgIpc) is 3.73. The van der Waals surface area contributed by atoms with Crippen molar-refractivity contribution in [2.45, 2.75) is 0 Å². The highest BCUT2D eigenvalue weighted by Gasteiger charge is 2.41. The van der Waals surface area contributed by atoms with E-state index in [9.17, 15) is 0 Å². The van der Waals surface area contributed by atoms with Gasteiger partial charge >= 0.3 is 0 Å². The first-order valence-corrected chi connectivity index (χ1v) is 24.4. The van der Waals surface area contributed by atoms with Crippen molar-refractivity contribution in [3.63, 3.8) is 0 Å².